The van der Waals surface area contributed by atoms with Crippen molar-refractivity contribution >= 4 is 24.2 Å². The molecule has 2 N–H and O–H groups in total. The zero-order chi connectivity index (χ0) is 20.9. The first-order valence-corrected chi connectivity index (χ1v) is 9.47. The smallest absolute Gasteiger partial charge is 0.257 e. The Bertz CT molecular complexity index is 718. The van der Waals surface area contributed by atoms with E-state index in [1.807, 2.05) is 6.92 Å². The van der Waals surface area contributed by atoms with Gasteiger partial charge in [0.2, 0.25) is 11.7 Å². The lowest BCUT2D eigenvalue weighted by molar-refractivity contribution is -0.138. The lowest BCUT2D eigenvalue weighted by Crippen LogP contribution is -2.58. The molecule has 2 rings (SSSR count). The molecule has 0 aliphatic carbocycles. The minimum Gasteiger partial charge on any atom is -0.493 e. The van der Waals surface area contributed by atoms with Crippen LogP contribution in [-0.4, -0.2) is 74.7 Å². The van der Waals surface area contributed by atoms with Crippen LogP contribution in [-0.2, 0) is 4.79 Å². The van der Waals surface area contributed by atoms with Gasteiger partial charge in [-0.05, 0) is 25.5 Å². The average Bonchev–Trinajstić information content (AvgIpc) is 2.71. The van der Waals surface area contributed by atoms with Gasteiger partial charge in [-0.2, -0.15) is 0 Å². The molecular weight excluding hydrogens is 398 g/mol. The van der Waals surface area contributed by atoms with Crippen molar-refractivity contribution in [2.45, 2.75) is 32.2 Å². The molecule has 1 atom stereocenters. The van der Waals surface area contributed by atoms with Gasteiger partial charge in [0.05, 0.1) is 32.4 Å². The van der Waals surface area contributed by atoms with E-state index in [2.05, 4.69) is 0 Å². The van der Waals surface area contributed by atoms with Crippen molar-refractivity contribution in [3.63, 3.8) is 0 Å². The molecule has 1 fully saturated rings. The van der Waals surface area contributed by atoms with E-state index in [1.165, 1.54) is 21.3 Å². The second-order valence-electron chi connectivity index (χ2n) is 7.13. The number of amides is 2. The molecule has 0 aromatic heterocycles. The highest BCUT2D eigenvalue weighted by molar-refractivity contribution is 5.98. The molecule has 1 saturated heterocycles. The number of halogens is 1. The number of carbonyl (C=O) groups excluding carboxylic acids is 2. The van der Waals surface area contributed by atoms with Crippen LogP contribution in [0, 0.1) is 0 Å². The zero-order valence-corrected chi connectivity index (χ0v) is 18.6. The van der Waals surface area contributed by atoms with Crippen LogP contribution in [0.15, 0.2) is 12.1 Å². The number of hydrogen-bond donors (Lipinski definition) is 1. The van der Waals surface area contributed by atoms with Crippen molar-refractivity contribution in [2.75, 3.05) is 47.5 Å². The van der Waals surface area contributed by atoms with Gasteiger partial charge in [-0.1, -0.05) is 13.3 Å². The molecule has 1 aromatic carbocycles. The van der Waals surface area contributed by atoms with Gasteiger partial charge in [0.25, 0.3) is 5.91 Å². The predicted molar refractivity (Wildman–Crippen MR) is 113 cm³/mol. The molecule has 0 bridgehead atoms. The Morgan fingerprint density at radius 2 is 1.55 bits per heavy atom. The summed E-state index contributed by atoms with van der Waals surface area (Å²) >= 11 is 0. The first kappa shape index (κ1) is 24.8. The van der Waals surface area contributed by atoms with Gasteiger partial charge in [0, 0.05) is 26.2 Å². The first-order valence-electron chi connectivity index (χ1n) is 9.47. The number of nitrogens with two attached hydrogens (primary N) is 1. The fourth-order valence-corrected chi connectivity index (χ4v) is 3.54. The second kappa shape index (κ2) is 10.5. The fraction of sp³-hybridized carbons (Fsp3) is 0.600. The van der Waals surface area contributed by atoms with Crippen molar-refractivity contribution in [2.24, 2.45) is 5.73 Å². The van der Waals surface area contributed by atoms with Gasteiger partial charge in [0.15, 0.2) is 11.5 Å². The minimum atomic E-state index is -0.868. The average molecular weight is 430 g/mol. The Labute approximate surface area is 178 Å². The second-order valence-corrected chi connectivity index (χ2v) is 7.13. The lowest BCUT2D eigenvalue weighted by Gasteiger charge is -2.38. The van der Waals surface area contributed by atoms with Crippen LogP contribution in [0.5, 0.6) is 17.2 Å². The van der Waals surface area contributed by atoms with E-state index in [1.54, 1.807) is 28.9 Å². The van der Waals surface area contributed by atoms with E-state index in [4.69, 9.17) is 19.9 Å². The van der Waals surface area contributed by atoms with Crippen molar-refractivity contribution < 1.29 is 23.8 Å². The Morgan fingerprint density at radius 1 is 1.00 bits per heavy atom. The summed E-state index contributed by atoms with van der Waals surface area (Å²) in [5, 5.41) is 0. The highest BCUT2D eigenvalue weighted by Gasteiger charge is 2.35. The highest BCUT2D eigenvalue weighted by Crippen LogP contribution is 2.40. The van der Waals surface area contributed by atoms with E-state index in [0.29, 0.717) is 55.4 Å². The summed E-state index contributed by atoms with van der Waals surface area (Å²) in [4.78, 5) is 29.2. The maximum Gasteiger partial charge on any atom is 0.257 e. The Kier molecular flexibility index (Phi) is 9.04. The summed E-state index contributed by atoms with van der Waals surface area (Å²) in [5.74, 6) is 0.967. The summed E-state index contributed by atoms with van der Waals surface area (Å²) < 4.78 is 16.0. The lowest BCUT2D eigenvalue weighted by atomic mass is 9.95. The number of piperazine rings is 1. The summed E-state index contributed by atoms with van der Waals surface area (Å²) in [5.41, 5.74) is 5.70. The van der Waals surface area contributed by atoms with Gasteiger partial charge in [-0.3, -0.25) is 9.59 Å². The molecule has 0 radical (unpaired) electrons. The number of hydrogen-bond acceptors (Lipinski definition) is 6. The topological polar surface area (TPSA) is 94.3 Å². The molecule has 29 heavy (non-hydrogen) atoms. The number of nitrogens with zero attached hydrogens (tertiary/aromatic N) is 2. The third-order valence-corrected chi connectivity index (χ3v) is 5.05. The van der Waals surface area contributed by atoms with E-state index in [-0.39, 0.29) is 24.2 Å². The zero-order valence-electron chi connectivity index (χ0n) is 17.8. The minimum absolute atomic E-state index is 0. The van der Waals surface area contributed by atoms with Crippen LogP contribution in [0.1, 0.15) is 37.0 Å². The van der Waals surface area contributed by atoms with Crippen LogP contribution in [0.25, 0.3) is 0 Å². The van der Waals surface area contributed by atoms with Gasteiger partial charge in [0.1, 0.15) is 0 Å². The van der Waals surface area contributed by atoms with Gasteiger partial charge in [-0.15, -0.1) is 12.4 Å². The Hall–Kier alpha value is -2.19. The number of methoxy groups -OCH3 is 3. The van der Waals surface area contributed by atoms with E-state index < -0.39 is 5.54 Å². The molecule has 8 nitrogen and oxygen atoms in total. The summed E-state index contributed by atoms with van der Waals surface area (Å²) in [6, 6.07) is 3.34. The number of ether oxygens (including phenoxy) is 3. The summed E-state index contributed by atoms with van der Waals surface area (Å²) in [6.07, 6.45) is 1.48. The van der Waals surface area contributed by atoms with E-state index in [0.717, 1.165) is 6.42 Å². The van der Waals surface area contributed by atoms with Gasteiger partial charge < -0.3 is 29.7 Å². The quantitative estimate of drug-likeness (QED) is 0.711. The maximum absolute atomic E-state index is 13.0. The number of carbonyl (C=O) groups is 2. The van der Waals surface area contributed by atoms with E-state index >= 15 is 0 Å². The standard InChI is InChI=1S/C20H31N3O5.ClH/c1-6-9-20(2,21)19(25)23-12-10-22(11-13-23)18(24)14-7-8-15(26-3)17(28-5)16(14)27-4;/h7-8H,6,9-13,21H2,1-5H3;1H. The third kappa shape index (κ3) is 5.25. The third-order valence-electron chi connectivity index (χ3n) is 5.05. The van der Waals surface area contributed by atoms with Crippen LogP contribution >= 0.6 is 12.4 Å². The van der Waals surface area contributed by atoms with Crippen molar-refractivity contribution in [1.82, 2.24) is 9.80 Å². The monoisotopic (exact) mass is 429 g/mol. The molecule has 9 heteroatoms. The Morgan fingerprint density at radius 3 is 2.03 bits per heavy atom. The molecule has 1 heterocycles. The molecular formula is C20H32ClN3O5. The summed E-state index contributed by atoms with van der Waals surface area (Å²) in [7, 11) is 4.51. The molecule has 0 saturated carbocycles. The molecule has 0 spiro atoms. The molecule has 2 amide bonds. The molecule has 1 unspecified atom stereocenters. The van der Waals surface area contributed by atoms with Crippen LogP contribution in [0.3, 0.4) is 0 Å². The predicted octanol–water partition coefficient (Wildman–Crippen LogP) is 1.94. The summed E-state index contributed by atoms with van der Waals surface area (Å²) in [6.45, 7) is 5.55. The van der Waals surface area contributed by atoms with Crippen molar-refractivity contribution in [1.29, 1.82) is 0 Å². The molecule has 1 aliphatic heterocycles. The highest BCUT2D eigenvalue weighted by atomic mass is 35.5. The van der Waals surface area contributed by atoms with Crippen molar-refractivity contribution in [3.8, 4) is 17.2 Å². The van der Waals surface area contributed by atoms with Gasteiger partial charge >= 0.3 is 0 Å². The normalized spacial score (nSPS) is 15.8. The Balaban J connectivity index is 0.00000420. The van der Waals surface area contributed by atoms with Crippen molar-refractivity contribution in [3.05, 3.63) is 17.7 Å². The largest absolute Gasteiger partial charge is 0.493 e. The van der Waals surface area contributed by atoms with Crippen LogP contribution < -0.4 is 19.9 Å². The number of rotatable bonds is 7. The van der Waals surface area contributed by atoms with E-state index in [9.17, 15) is 9.59 Å². The first-order chi connectivity index (χ1) is 13.3. The van der Waals surface area contributed by atoms with Crippen LogP contribution in [0.4, 0.5) is 0 Å². The number of benzene rings is 1. The SMILES string of the molecule is CCCC(C)(N)C(=O)N1CCN(C(=O)c2ccc(OC)c(OC)c2OC)CC1.Cl. The molecule has 164 valence electrons. The van der Waals surface area contributed by atoms with Crippen LogP contribution in [0.2, 0.25) is 0 Å². The fourth-order valence-electron chi connectivity index (χ4n) is 3.54. The molecule has 1 aliphatic rings. The molecule has 1 aromatic rings. The van der Waals surface area contributed by atoms with Gasteiger partial charge in [-0.25, -0.2) is 0 Å². The maximum atomic E-state index is 13.0.